The molecule has 0 aliphatic carbocycles. The minimum Gasteiger partial charge on any atom is -0.490 e. The van der Waals surface area contributed by atoms with Crippen molar-refractivity contribution < 1.29 is 31.8 Å². The molecular weight excluding hydrogens is 342 g/mol. The zero-order chi connectivity index (χ0) is 18.3. The molecule has 1 amide bonds. The van der Waals surface area contributed by atoms with Crippen LogP contribution in [-0.4, -0.2) is 25.3 Å². The zero-order valence-corrected chi connectivity index (χ0v) is 13.0. The first-order chi connectivity index (χ1) is 11.8. The molecule has 134 valence electrons. The summed E-state index contributed by atoms with van der Waals surface area (Å²) in [4.78, 5) is 11.9. The Balaban J connectivity index is 1.87. The lowest BCUT2D eigenvalue weighted by molar-refractivity contribution is -0.153. The highest BCUT2D eigenvalue weighted by atomic mass is 19.4. The van der Waals surface area contributed by atoms with Crippen molar-refractivity contribution in [1.82, 2.24) is 0 Å². The number of nitrogens with one attached hydrogen (secondary N) is 1. The summed E-state index contributed by atoms with van der Waals surface area (Å²) < 4.78 is 59.9. The van der Waals surface area contributed by atoms with E-state index >= 15 is 0 Å². The van der Waals surface area contributed by atoms with Gasteiger partial charge in [-0.3, -0.25) is 4.79 Å². The molecule has 0 aliphatic heterocycles. The lowest BCUT2D eigenvalue weighted by Crippen LogP contribution is -2.20. The number of hydrogen-bond acceptors (Lipinski definition) is 3. The summed E-state index contributed by atoms with van der Waals surface area (Å²) in [6, 6.07) is 11.5. The van der Waals surface area contributed by atoms with Crippen LogP contribution in [0.3, 0.4) is 0 Å². The van der Waals surface area contributed by atoms with Crippen LogP contribution in [0.4, 0.5) is 23.2 Å². The lowest BCUT2D eigenvalue weighted by Gasteiger charge is -2.14. The smallest absolute Gasteiger partial charge is 0.422 e. The molecule has 4 nitrogen and oxygen atoms in total. The Morgan fingerprint density at radius 2 is 1.60 bits per heavy atom. The SMILES string of the molecule is O=C(CCOc1ccccc1F)Nc1ccccc1OCC(F)(F)F. The van der Waals surface area contributed by atoms with E-state index in [1.165, 1.54) is 36.4 Å². The van der Waals surface area contributed by atoms with Gasteiger partial charge in [-0.25, -0.2) is 4.39 Å². The average Bonchev–Trinajstić information content (AvgIpc) is 2.55. The molecule has 25 heavy (non-hydrogen) atoms. The summed E-state index contributed by atoms with van der Waals surface area (Å²) in [7, 11) is 0. The first-order valence-electron chi connectivity index (χ1n) is 7.31. The Bertz CT molecular complexity index is 719. The van der Waals surface area contributed by atoms with Crippen LogP contribution in [0.25, 0.3) is 0 Å². The molecule has 0 bridgehead atoms. The number of para-hydroxylation sites is 3. The third-order valence-electron chi connectivity index (χ3n) is 2.98. The predicted octanol–water partition coefficient (Wildman–Crippen LogP) is 4.17. The summed E-state index contributed by atoms with van der Waals surface area (Å²) in [6.45, 7) is -1.55. The number of benzene rings is 2. The van der Waals surface area contributed by atoms with Gasteiger partial charge in [0.1, 0.15) is 5.75 Å². The summed E-state index contributed by atoms with van der Waals surface area (Å²) in [5.41, 5.74) is 0.114. The Hall–Kier alpha value is -2.77. The molecule has 0 unspecified atom stereocenters. The molecule has 1 N–H and O–H groups in total. The highest BCUT2D eigenvalue weighted by molar-refractivity contribution is 5.92. The molecule has 0 aliphatic rings. The van der Waals surface area contributed by atoms with Gasteiger partial charge < -0.3 is 14.8 Å². The van der Waals surface area contributed by atoms with E-state index in [2.05, 4.69) is 10.1 Å². The van der Waals surface area contributed by atoms with Crippen molar-refractivity contribution in [1.29, 1.82) is 0 Å². The molecule has 2 rings (SSSR count). The van der Waals surface area contributed by atoms with Crippen molar-refractivity contribution in [2.75, 3.05) is 18.5 Å². The number of anilines is 1. The average molecular weight is 357 g/mol. The van der Waals surface area contributed by atoms with Crippen LogP contribution in [0.2, 0.25) is 0 Å². The monoisotopic (exact) mass is 357 g/mol. The van der Waals surface area contributed by atoms with Crippen molar-refractivity contribution in [3.8, 4) is 11.5 Å². The minimum absolute atomic E-state index is 0.0178. The van der Waals surface area contributed by atoms with E-state index in [9.17, 15) is 22.4 Å². The number of rotatable bonds is 7. The van der Waals surface area contributed by atoms with Crippen LogP contribution >= 0.6 is 0 Å². The van der Waals surface area contributed by atoms with Gasteiger partial charge in [0.25, 0.3) is 0 Å². The molecule has 0 spiro atoms. The van der Waals surface area contributed by atoms with Gasteiger partial charge in [0.2, 0.25) is 5.91 Å². The van der Waals surface area contributed by atoms with Crippen molar-refractivity contribution in [3.05, 3.63) is 54.3 Å². The molecule has 2 aromatic rings. The summed E-state index contributed by atoms with van der Waals surface area (Å²) in [5.74, 6) is -1.12. The minimum atomic E-state index is -4.48. The molecule has 0 radical (unpaired) electrons. The van der Waals surface area contributed by atoms with Gasteiger partial charge in [-0.1, -0.05) is 24.3 Å². The third-order valence-corrected chi connectivity index (χ3v) is 2.98. The van der Waals surface area contributed by atoms with Crippen LogP contribution < -0.4 is 14.8 Å². The number of ether oxygens (including phenoxy) is 2. The van der Waals surface area contributed by atoms with Crippen LogP contribution in [0.1, 0.15) is 6.42 Å². The Morgan fingerprint density at radius 3 is 2.28 bits per heavy atom. The lowest BCUT2D eigenvalue weighted by atomic mass is 10.3. The summed E-state index contributed by atoms with van der Waals surface area (Å²) in [6.07, 6.45) is -4.59. The molecule has 0 heterocycles. The maximum Gasteiger partial charge on any atom is 0.422 e. The maximum atomic E-state index is 13.4. The number of amides is 1. The summed E-state index contributed by atoms with van der Waals surface area (Å²) >= 11 is 0. The molecule has 8 heteroatoms. The topological polar surface area (TPSA) is 47.6 Å². The second kappa shape index (κ2) is 8.36. The number of carbonyl (C=O) groups excluding carboxylic acids is 1. The Morgan fingerprint density at radius 1 is 0.960 bits per heavy atom. The normalized spacial score (nSPS) is 11.0. The van der Waals surface area contributed by atoms with Crippen LogP contribution in [0.5, 0.6) is 11.5 Å². The molecular formula is C17H15F4NO3. The van der Waals surface area contributed by atoms with E-state index in [0.717, 1.165) is 0 Å². The Labute approximate surface area is 141 Å². The van der Waals surface area contributed by atoms with Crippen molar-refractivity contribution in [3.63, 3.8) is 0 Å². The number of carbonyl (C=O) groups is 1. The molecule has 0 saturated carbocycles. The largest absolute Gasteiger partial charge is 0.490 e. The third kappa shape index (κ3) is 6.33. The van der Waals surface area contributed by atoms with Gasteiger partial charge in [0, 0.05) is 0 Å². The van der Waals surface area contributed by atoms with Crippen molar-refractivity contribution in [2.24, 2.45) is 0 Å². The van der Waals surface area contributed by atoms with Crippen molar-refractivity contribution >= 4 is 11.6 Å². The second-order valence-electron chi connectivity index (χ2n) is 4.98. The number of halogens is 4. The molecule has 0 aromatic heterocycles. The van der Waals surface area contributed by atoms with E-state index in [1.807, 2.05) is 0 Å². The Kier molecular flexibility index (Phi) is 6.21. The quantitative estimate of drug-likeness (QED) is 0.757. The summed E-state index contributed by atoms with van der Waals surface area (Å²) in [5, 5.41) is 2.44. The molecule has 2 aromatic carbocycles. The van der Waals surface area contributed by atoms with Gasteiger partial charge in [-0.2, -0.15) is 13.2 Å². The fourth-order valence-corrected chi connectivity index (χ4v) is 1.88. The second-order valence-corrected chi connectivity index (χ2v) is 4.98. The van der Waals surface area contributed by atoms with Gasteiger partial charge in [0.15, 0.2) is 18.2 Å². The predicted molar refractivity (Wildman–Crippen MR) is 83.1 cm³/mol. The van der Waals surface area contributed by atoms with E-state index in [1.54, 1.807) is 12.1 Å². The molecule has 0 fully saturated rings. The molecule has 0 atom stereocenters. The van der Waals surface area contributed by atoms with Gasteiger partial charge in [-0.05, 0) is 24.3 Å². The van der Waals surface area contributed by atoms with Crippen LogP contribution in [0, 0.1) is 5.82 Å². The van der Waals surface area contributed by atoms with E-state index in [-0.39, 0.29) is 30.2 Å². The zero-order valence-electron chi connectivity index (χ0n) is 13.0. The van der Waals surface area contributed by atoms with E-state index < -0.39 is 24.5 Å². The fourth-order valence-electron chi connectivity index (χ4n) is 1.88. The first kappa shape index (κ1) is 18.6. The number of alkyl halides is 3. The maximum absolute atomic E-state index is 13.4. The van der Waals surface area contributed by atoms with E-state index in [4.69, 9.17) is 4.74 Å². The highest BCUT2D eigenvalue weighted by Crippen LogP contribution is 2.26. The fraction of sp³-hybridized carbons (Fsp3) is 0.235. The number of hydrogen-bond donors (Lipinski definition) is 1. The highest BCUT2D eigenvalue weighted by Gasteiger charge is 2.28. The molecule has 0 saturated heterocycles. The van der Waals surface area contributed by atoms with Gasteiger partial charge in [-0.15, -0.1) is 0 Å². The first-order valence-corrected chi connectivity index (χ1v) is 7.31. The van der Waals surface area contributed by atoms with E-state index in [0.29, 0.717) is 0 Å². The van der Waals surface area contributed by atoms with Crippen LogP contribution in [0.15, 0.2) is 48.5 Å². The van der Waals surface area contributed by atoms with Crippen molar-refractivity contribution in [2.45, 2.75) is 12.6 Å². The van der Waals surface area contributed by atoms with Gasteiger partial charge in [0.05, 0.1) is 18.7 Å². The van der Waals surface area contributed by atoms with Crippen LogP contribution in [-0.2, 0) is 4.79 Å². The van der Waals surface area contributed by atoms with Gasteiger partial charge >= 0.3 is 6.18 Å². The standard InChI is InChI=1S/C17H15F4NO3/c18-12-5-1-3-7-14(12)24-10-9-16(23)22-13-6-2-4-8-15(13)25-11-17(19,20)21/h1-8H,9-11H2,(H,22,23).